The molecule has 0 aliphatic heterocycles. The molecule has 0 spiro atoms. The molecule has 0 radical (unpaired) electrons. The number of nitriles is 1. The van der Waals surface area contributed by atoms with Crippen molar-refractivity contribution in [1.82, 2.24) is 14.5 Å². The number of hydrogen-bond acceptors (Lipinski definition) is 3. The molecule has 102 valence electrons. The van der Waals surface area contributed by atoms with Crippen molar-refractivity contribution in [3.63, 3.8) is 0 Å². The lowest BCUT2D eigenvalue weighted by molar-refractivity contribution is 0.772. The maximum Gasteiger partial charge on any atom is 0.160 e. The van der Waals surface area contributed by atoms with Gasteiger partial charge >= 0.3 is 0 Å². The van der Waals surface area contributed by atoms with Gasteiger partial charge in [-0.1, -0.05) is 0 Å². The largest absolute Gasteiger partial charge is 0.320 e. The molecule has 0 bridgehead atoms. The van der Waals surface area contributed by atoms with Crippen LogP contribution in [0.2, 0.25) is 0 Å². The monoisotopic (exact) mass is 338 g/mol. The minimum absolute atomic E-state index is 0.503. The van der Waals surface area contributed by atoms with Crippen molar-refractivity contribution in [3.05, 3.63) is 46.6 Å². The molecular weight excluding hydrogens is 328 g/mol. The van der Waals surface area contributed by atoms with E-state index in [0.717, 1.165) is 27.0 Å². The third-order valence-electron chi connectivity index (χ3n) is 3.69. The van der Waals surface area contributed by atoms with Crippen LogP contribution in [0.15, 0.2) is 41.0 Å². The molecule has 1 saturated carbocycles. The minimum Gasteiger partial charge on any atom is -0.320 e. The third kappa shape index (κ3) is 2.12. The highest BCUT2D eigenvalue weighted by Crippen LogP contribution is 2.41. The van der Waals surface area contributed by atoms with Gasteiger partial charge in [-0.15, -0.1) is 0 Å². The Kier molecular flexibility index (Phi) is 2.79. The Balaban J connectivity index is 1.97. The Bertz CT molecular complexity index is 870. The van der Waals surface area contributed by atoms with Gasteiger partial charge in [0.2, 0.25) is 0 Å². The number of fused-ring (bicyclic) bond motifs is 1. The smallest absolute Gasteiger partial charge is 0.160 e. The number of hydrogen-bond donors (Lipinski definition) is 0. The fourth-order valence-electron chi connectivity index (χ4n) is 2.56. The molecule has 5 heteroatoms. The van der Waals surface area contributed by atoms with Crippen molar-refractivity contribution >= 4 is 27.0 Å². The number of pyridine rings is 1. The van der Waals surface area contributed by atoms with Crippen LogP contribution in [0.5, 0.6) is 0 Å². The van der Waals surface area contributed by atoms with Gasteiger partial charge in [0.25, 0.3) is 0 Å². The predicted molar refractivity (Wildman–Crippen MR) is 83.7 cm³/mol. The second kappa shape index (κ2) is 4.68. The van der Waals surface area contributed by atoms with E-state index in [2.05, 4.69) is 31.6 Å². The third-order valence-corrected chi connectivity index (χ3v) is 4.16. The number of rotatable bonds is 2. The molecule has 0 saturated heterocycles. The van der Waals surface area contributed by atoms with E-state index in [1.807, 2.05) is 30.3 Å². The number of aromatic nitrogens is 3. The minimum atomic E-state index is 0.503. The van der Waals surface area contributed by atoms with Crippen LogP contribution >= 0.6 is 15.9 Å². The molecule has 4 nitrogen and oxygen atoms in total. The average molecular weight is 339 g/mol. The van der Waals surface area contributed by atoms with Gasteiger partial charge in [0, 0.05) is 16.7 Å². The van der Waals surface area contributed by atoms with E-state index in [4.69, 9.17) is 10.2 Å². The normalized spacial score (nSPS) is 14.3. The fraction of sp³-hybridized carbons (Fsp3) is 0.188. The zero-order chi connectivity index (χ0) is 14.4. The standard InChI is InChI=1S/C16H11BrN4/c17-11-2-5-13(19-9-11)16-20-14-7-10(8-18)1-6-15(14)21(16)12-3-4-12/h1-2,5-7,9,12H,3-4H2. The molecule has 0 amide bonds. The van der Waals surface area contributed by atoms with Gasteiger partial charge in [0.15, 0.2) is 5.82 Å². The van der Waals surface area contributed by atoms with E-state index in [0.29, 0.717) is 11.6 Å². The second-order valence-electron chi connectivity index (χ2n) is 5.21. The maximum atomic E-state index is 9.04. The Morgan fingerprint density at radius 2 is 2.10 bits per heavy atom. The van der Waals surface area contributed by atoms with E-state index in [1.54, 1.807) is 6.20 Å². The topological polar surface area (TPSA) is 54.5 Å². The summed E-state index contributed by atoms with van der Waals surface area (Å²) in [6.45, 7) is 0. The first-order chi connectivity index (χ1) is 10.3. The molecule has 1 aliphatic carbocycles. The number of benzene rings is 1. The molecule has 1 fully saturated rings. The maximum absolute atomic E-state index is 9.04. The lowest BCUT2D eigenvalue weighted by Gasteiger charge is -2.07. The highest BCUT2D eigenvalue weighted by atomic mass is 79.9. The van der Waals surface area contributed by atoms with Crippen molar-refractivity contribution < 1.29 is 0 Å². The summed E-state index contributed by atoms with van der Waals surface area (Å²) >= 11 is 3.41. The molecule has 1 aromatic carbocycles. The Morgan fingerprint density at radius 3 is 2.76 bits per heavy atom. The van der Waals surface area contributed by atoms with Crippen molar-refractivity contribution in [2.24, 2.45) is 0 Å². The van der Waals surface area contributed by atoms with Crippen LogP contribution in [0.25, 0.3) is 22.6 Å². The Morgan fingerprint density at radius 1 is 1.24 bits per heavy atom. The zero-order valence-corrected chi connectivity index (χ0v) is 12.7. The van der Waals surface area contributed by atoms with Gasteiger partial charge in [0.05, 0.1) is 22.7 Å². The van der Waals surface area contributed by atoms with Crippen molar-refractivity contribution in [3.8, 4) is 17.6 Å². The first-order valence-corrected chi connectivity index (χ1v) is 7.59. The van der Waals surface area contributed by atoms with Crippen LogP contribution in [-0.2, 0) is 0 Å². The number of imidazole rings is 1. The highest BCUT2D eigenvalue weighted by Gasteiger charge is 2.29. The molecule has 0 atom stereocenters. The molecule has 1 aliphatic rings. The van der Waals surface area contributed by atoms with Gasteiger partial charge in [-0.3, -0.25) is 4.98 Å². The van der Waals surface area contributed by atoms with Crippen LogP contribution < -0.4 is 0 Å². The van der Waals surface area contributed by atoms with Gasteiger partial charge < -0.3 is 4.57 Å². The predicted octanol–water partition coefficient (Wildman–Crippen LogP) is 4.07. The van der Waals surface area contributed by atoms with Crippen LogP contribution in [0.3, 0.4) is 0 Å². The van der Waals surface area contributed by atoms with Crippen molar-refractivity contribution in [2.75, 3.05) is 0 Å². The van der Waals surface area contributed by atoms with E-state index < -0.39 is 0 Å². The summed E-state index contributed by atoms with van der Waals surface area (Å²) in [4.78, 5) is 9.18. The lowest BCUT2D eigenvalue weighted by atomic mass is 10.2. The summed E-state index contributed by atoms with van der Waals surface area (Å²) in [5.41, 5.74) is 3.44. The first-order valence-electron chi connectivity index (χ1n) is 6.80. The Labute approximate surface area is 130 Å². The van der Waals surface area contributed by atoms with Gasteiger partial charge in [-0.05, 0) is 59.1 Å². The van der Waals surface area contributed by atoms with Crippen LogP contribution in [0, 0.1) is 11.3 Å². The quantitative estimate of drug-likeness (QED) is 0.707. The summed E-state index contributed by atoms with van der Waals surface area (Å²) in [5.74, 6) is 0.884. The van der Waals surface area contributed by atoms with Crippen molar-refractivity contribution in [2.45, 2.75) is 18.9 Å². The highest BCUT2D eigenvalue weighted by molar-refractivity contribution is 9.10. The van der Waals surface area contributed by atoms with Crippen LogP contribution in [0.4, 0.5) is 0 Å². The van der Waals surface area contributed by atoms with E-state index in [9.17, 15) is 0 Å². The summed E-state index contributed by atoms with van der Waals surface area (Å²) in [6, 6.07) is 12.3. The second-order valence-corrected chi connectivity index (χ2v) is 6.13. The van der Waals surface area contributed by atoms with Gasteiger partial charge in [0.1, 0.15) is 5.69 Å². The lowest BCUT2D eigenvalue weighted by Crippen LogP contribution is -1.98. The summed E-state index contributed by atoms with van der Waals surface area (Å²) < 4.78 is 3.21. The van der Waals surface area contributed by atoms with Crippen molar-refractivity contribution in [1.29, 1.82) is 5.26 Å². The molecule has 3 aromatic rings. The average Bonchev–Trinajstić information content (AvgIpc) is 3.27. The SMILES string of the molecule is N#Cc1ccc2c(c1)nc(-c1ccc(Br)cn1)n2C1CC1. The summed E-state index contributed by atoms with van der Waals surface area (Å²) in [5, 5.41) is 9.04. The van der Waals surface area contributed by atoms with Crippen LogP contribution in [0.1, 0.15) is 24.4 Å². The molecule has 21 heavy (non-hydrogen) atoms. The fourth-order valence-corrected chi connectivity index (χ4v) is 2.79. The molecule has 2 heterocycles. The summed E-state index contributed by atoms with van der Waals surface area (Å²) in [7, 11) is 0. The first kappa shape index (κ1) is 12.5. The van der Waals surface area contributed by atoms with Crippen LogP contribution in [-0.4, -0.2) is 14.5 Å². The molecule has 2 aromatic heterocycles. The zero-order valence-electron chi connectivity index (χ0n) is 11.1. The van der Waals surface area contributed by atoms with Gasteiger partial charge in [-0.2, -0.15) is 5.26 Å². The van der Waals surface area contributed by atoms with E-state index in [-0.39, 0.29) is 0 Å². The van der Waals surface area contributed by atoms with E-state index >= 15 is 0 Å². The number of halogens is 1. The molecule has 0 unspecified atom stereocenters. The molecule has 0 N–H and O–H groups in total. The van der Waals surface area contributed by atoms with Gasteiger partial charge in [-0.25, -0.2) is 4.98 Å². The molecule has 4 rings (SSSR count). The number of nitrogens with zero attached hydrogens (tertiary/aromatic N) is 4. The molecular formula is C16H11BrN4. The summed E-state index contributed by atoms with van der Waals surface area (Å²) in [6.07, 6.45) is 4.14. The van der Waals surface area contributed by atoms with E-state index in [1.165, 1.54) is 12.8 Å². The Hall–Kier alpha value is -2.19.